The Labute approximate surface area is 268 Å². The van der Waals surface area contributed by atoms with Crippen LogP contribution in [0.15, 0.2) is 76.7 Å². The molecule has 2 saturated heterocycles. The third-order valence-corrected chi connectivity index (χ3v) is 12.9. The zero-order valence-electron chi connectivity index (χ0n) is 26.8. The Hall–Kier alpha value is -2.38. The standard InChI is InChI=1S/C38H50N4OS/c1-3-33-23-36(17-20-39-33)44(43)35-15-13-34(14-16-35)42-25-29(26-42)24-41-21-18-32(19-22-41)38(31-10-6-7-11-31)28-40(4-2)27-30-9-5-8-12-37(30)38/h5,8-9,12-17,20,23,29,31-32H,3-4,6-7,10-11,18-19,21-22,24-28H2,1-2H3. The van der Waals surface area contributed by atoms with E-state index in [2.05, 4.69) is 69.9 Å². The largest absolute Gasteiger partial charge is 0.606 e. The average Bonchev–Trinajstić information content (AvgIpc) is 3.61. The zero-order valence-corrected chi connectivity index (χ0v) is 27.6. The van der Waals surface area contributed by atoms with Gasteiger partial charge in [0.25, 0.3) is 0 Å². The second kappa shape index (κ2) is 13.2. The van der Waals surface area contributed by atoms with Crippen molar-refractivity contribution in [3.05, 3.63) is 83.7 Å². The average molecular weight is 611 g/mol. The summed E-state index contributed by atoms with van der Waals surface area (Å²) in [6, 6.07) is 21.7. The molecular weight excluding hydrogens is 561 g/mol. The van der Waals surface area contributed by atoms with Crippen molar-refractivity contribution in [3.8, 4) is 0 Å². The van der Waals surface area contributed by atoms with Gasteiger partial charge in [0, 0.05) is 84.9 Å². The number of nitrogens with zero attached hydrogens (tertiary/aromatic N) is 4. The number of rotatable bonds is 9. The van der Waals surface area contributed by atoms with Crippen molar-refractivity contribution < 1.29 is 4.55 Å². The van der Waals surface area contributed by atoms with Gasteiger partial charge in [-0.05, 0) is 99.0 Å². The molecule has 1 saturated carbocycles. The smallest absolute Gasteiger partial charge is 0.161 e. The Kier molecular flexibility index (Phi) is 9.05. The summed E-state index contributed by atoms with van der Waals surface area (Å²) in [6.07, 6.45) is 11.0. The van der Waals surface area contributed by atoms with Gasteiger partial charge in [-0.15, -0.1) is 0 Å². The van der Waals surface area contributed by atoms with Crippen LogP contribution in [0.2, 0.25) is 0 Å². The summed E-state index contributed by atoms with van der Waals surface area (Å²) in [5, 5.41) is 0. The summed E-state index contributed by atoms with van der Waals surface area (Å²) >= 11 is -1.17. The molecule has 0 N–H and O–H groups in total. The van der Waals surface area contributed by atoms with Gasteiger partial charge >= 0.3 is 0 Å². The lowest BCUT2D eigenvalue weighted by atomic mass is 9.57. The fourth-order valence-corrected chi connectivity index (χ4v) is 10.2. The lowest BCUT2D eigenvalue weighted by Crippen LogP contribution is -2.57. The van der Waals surface area contributed by atoms with E-state index in [4.69, 9.17) is 0 Å². The Balaban J connectivity index is 0.952. The fourth-order valence-electron chi connectivity index (χ4n) is 9.13. The highest BCUT2D eigenvalue weighted by Gasteiger charge is 2.51. The van der Waals surface area contributed by atoms with Crippen molar-refractivity contribution in [2.24, 2.45) is 17.8 Å². The molecule has 0 spiro atoms. The van der Waals surface area contributed by atoms with Crippen molar-refractivity contribution in [3.63, 3.8) is 0 Å². The summed E-state index contributed by atoms with van der Waals surface area (Å²) in [7, 11) is 0. The predicted octanol–water partition coefficient (Wildman–Crippen LogP) is 6.92. The molecule has 0 radical (unpaired) electrons. The van der Waals surface area contributed by atoms with Crippen molar-refractivity contribution in [2.45, 2.75) is 80.5 Å². The van der Waals surface area contributed by atoms with E-state index in [0.717, 1.165) is 65.8 Å². The molecule has 234 valence electrons. The Morgan fingerprint density at radius 3 is 2.32 bits per heavy atom. The van der Waals surface area contributed by atoms with Crippen LogP contribution in [-0.2, 0) is 29.6 Å². The number of pyridine rings is 1. The first-order valence-electron chi connectivity index (χ1n) is 17.3. The quantitative estimate of drug-likeness (QED) is 0.246. The van der Waals surface area contributed by atoms with Crippen molar-refractivity contribution >= 4 is 16.9 Å². The summed E-state index contributed by atoms with van der Waals surface area (Å²) in [6.45, 7) is 14.0. The predicted molar refractivity (Wildman–Crippen MR) is 181 cm³/mol. The maximum Gasteiger partial charge on any atom is 0.161 e. The van der Waals surface area contributed by atoms with Crippen LogP contribution in [0.4, 0.5) is 5.69 Å². The zero-order chi connectivity index (χ0) is 30.1. The molecule has 0 amide bonds. The highest BCUT2D eigenvalue weighted by Crippen LogP contribution is 2.53. The molecule has 6 heteroatoms. The molecule has 1 aliphatic carbocycles. The van der Waals surface area contributed by atoms with Gasteiger partial charge in [0.05, 0.1) is 0 Å². The fraction of sp³-hybridized carbons (Fsp3) is 0.553. The maximum atomic E-state index is 13.1. The molecule has 7 rings (SSSR count). The number of benzene rings is 2. The van der Waals surface area contributed by atoms with Gasteiger partial charge in [0.15, 0.2) is 9.79 Å². The van der Waals surface area contributed by atoms with Gasteiger partial charge < -0.3 is 14.4 Å². The Morgan fingerprint density at radius 1 is 0.864 bits per heavy atom. The molecule has 2 atom stereocenters. The topological polar surface area (TPSA) is 45.7 Å². The molecule has 3 aromatic rings. The van der Waals surface area contributed by atoms with Crippen LogP contribution >= 0.6 is 0 Å². The van der Waals surface area contributed by atoms with Crippen LogP contribution in [-0.4, -0.2) is 65.1 Å². The molecule has 2 unspecified atom stereocenters. The van der Waals surface area contributed by atoms with E-state index < -0.39 is 11.2 Å². The minimum Gasteiger partial charge on any atom is -0.606 e. The van der Waals surface area contributed by atoms with Crippen LogP contribution in [0, 0.1) is 17.8 Å². The Morgan fingerprint density at radius 2 is 1.59 bits per heavy atom. The molecule has 3 fully saturated rings. The second-order valence-corrected chi connectivity index (χ2v) is 15.4. The molecule has 1 aromatic heterocycles. The number of aromatic nitrogens is 1. The minimum absolute atomic E-state index is 0.340. The highest BCUT2D eigenvalue weighted by molar-refractivity contribution is 7.91. The van der Waals surface area contributed by atoms with Crippen LogP contribution in [0.25, 0.3) is 0 Å². The van der Waals surface area contributed by atoms with Crippen LogP contribution < -0.4 is 4.90 Å². The van der Waals surface area contributed by atoms with E-state index in [1.165, 1.54) is 70.4 Å². The Bertz CT molecular complexity index is 1390. The van der Waals surface area contributed by atoms with Gasteiger partial charge in [-0.3, -0.25) is 9.88 Å². The van der Waals surface area contributed by atoms with E-state index in [9.17, 15) is 4.55 Å². The third-order valence-electron chi connectivity index (χ3n) is 11.5. The van der Waals surface area contributed by atoms with Crippen molar-refractivity contribution in [1.82, 2.24) is 14.8 Å². The van der Waals surface area contributed by atoms with E-state index in [0.29, 0.717) is 5.41 Å². The van der Waals surface area contributed by atoms with Gasteiger partial charge in [-0.1, -0.05) is 51.0 Å². The first-order chi connectivity index (χ1) is 21.6. The number of piperidine rings is 1. The molecule has 2 aromatic carbocycles. The summed E-state index contributed by atoms with van der Waals surface area (Å²) in [5.74, 6) is 2.37. The molecule has 5 nitrogen and oxygen atoms in total. The molecule has 3 aliphatic heterocycles. The van der Waals surface area contributed by atoms with Crippen LogP contribution in [0.5, 0.6) is 0 Å². The van der Waals surface area contributed by atoms with Crippen LogP contribution in [0.1, 0.15) is 69.2 Å². The minimum atomic E-state index is -1.17. The number of likely N-dealkylation sites (tertiary alicyclic amines) is 1. The van der Waals surface area contributed by atoms with Gasteiger partial charge in [-0.2, -0.15) is 0 Å². The SMILES string of the molecule is CCc1cc([S+]([O-])c2ccc(N3CC(CN4CCC(C5(C6CCCC6)CN(CC)Cc6ccccc65)CC4)C3)cc2)ccn1. The van der Waals surface area contributed by atoms with E-state index in [1.807, 2.05) is 24.3 Å². The molecule has 4 aliphatic rings. The van der Waals surface area contributed by atoms with Crippen molar-refractivity contribution in [2.75, 3.05) is 50.7 Å². The molecule has 0 bridgehead atoms. The molecule has 4 heterocycles. The number of hydrogen-bond acceptors (Lipinski definition) is 5. The summed E-state index contributed by atoms with van der Waals surface area (Å²) < 4.78 is 13.1. The number of fused-ring (bicyclic) bond motifs is 1. The lowest BCUT2D eigenvalue weighted by Gasteiger charge is -2.54. The number of hydrogen-bond donors (Lipinski definition) is 0. The van der Waals surface area contributed by atoms with Crippen molar-refractivity contribution in [1.29, 1.82) is 0 Å². The third kappa shape index (κ3) is 5.84. The number of aryl methyl sites for hydroxylation is 1. The number of anilines is 1. The van der Waals surface area contributed by atoms with E-state index >= 15 is 0 Å². The summed E-state index contributed by atoms with van der Waals surface area (Å²) in [5.41, 5.74) is 5.89. The van der Waals surface area contributed by atoms with E-state index in [1.54, 1.807) is 17.3 Å². The maximum absolute atomic E-state index is 13.1. The van der Waals surface area contributed by atoms with Crippen LogP contribution in [0.3, 0.4) is 0 Å². The number of likely N-dealkylation sites (N-methyl/N-ethyl adjacent to an activating group) is 1. The monoisotopic (exact) mass is 610 g/mol. The van der Waals surface area contributed by atoms with E-state index in [-0.39, 0.29) is 0 Å². The van der Waals surface area contributed by atoms with Gasteiger partial charge in [0.2, 0.25) is 0 Å². The van der Waals surface area contributed by atoms with Gasteiger partial charge in [0.1, 0.15) is 0 Å². The lowest BCUT2D eigenvalue weighted by molar-refractivity contribution is 0.0359. The highest BCUT2D eigenvalue weighted by atomic mass is 32.2. The van der Waals surface area contributed by atoms with Gasteiger partial charge in [-0.25, -0.2) is 0 Å². The normalized spacial score (nSPS) is 24.8. The molecular formula is C38H50N4OS. The molecule has 44 heavy (non-hydrogen) atoms. The second-order valence-electron chi connectivity index (χ2n) is 13.9. The first-order valence-corrected chi connectivity index (χ1v) is 18.5. The summed E-state index contributed by atoms with van der Waals surface area (Å²) in [4.78, 5) is 14.1. The first kappa shape index (κ1) is 30.3.